The highest BCUT2D eigenvalue weighted by Gasteiger charge is 2.19. The number of nitrogens with one attached hydrogen (secondary N) is 1. The molecule has 0 atom stereocenters. The number of amides is 2. The monoisotopic (exact) mass is 386 g/mol. The van der Waals surface area contributed by atoms with E-state index in [0.717, 1.165) is 11.3 Å². The number of anilines is 1. The fraction of sp³-hybridized carbons (Fsp3) is 0.105. The lowest BCUT2D eigenvalue weighted by Gasteiger charge is -2.07. The molecule has 0 aliphatic rings. The number of esters is 1. The first-order chi connectivity index (χ1) is 12.9. The number of rotatable bonds is 5. The van der Waals surface area contributed by atoms with Gasteiger partial charge in [-0.1, -0.05) is 6.07 Å². The van der Waals surface area contributed by atoms with Crippen LogP contribution in [0.5, 0.6) is 0 Å². The summed E-state index contributed by atoms with van der Waals surface area (Å²) in [4.78, 5) is 35.5. The fourth-order valence-electron chi connectivity index (χ4n) is 2.56. The van der Waals surface area contributed by atoms with Gasteiger partial charge in [-0.2, -0.15) is 0 Å². The fourth-order valence-corrected chi connectivity index (χ4v) is 3.68. The molecule has 2 amide bonds. The second-order valence-electron chi connectivity index (χ2n) is 5.74. The Morgan fingerprint density at radius 2 is 1.85 bits per heavy atom. The van der Waals surface area contributed by atoms with E-state index >= 15 is 0 Å². The Hall–Kier alpha value is -3.26. The maximum absolute atomic E-state index is 13.9. The van der Waals surface area contributed by atoms with Crippen molar-refractivity contribution in [2.45, 2.75) is 6.92 Å². The van der Waals surface area contributed by atoms with Gasteiger partial charge in [-0.05, 0) is 48.9 Å². The summed E-state index contributed by atoms with van der Waals surface area (Å²) in [6.07, 6.45) is 0. The van der Waals surface area contributed by atoms with Crippen molar-refractivity contribution in [1.29, 1.82) is 0 Å². The number of fused-ring (bicyclic) bond motifs is 1. The predicted molar refractivity (Wildman–Crippen MR) is 100 cm³/mol. The lowest BCUT2D eigenvalue weighted by molar-refractivity contribution is -0.119. The minimum Gasteiger partial charge on any atom is -0.451 e. The van der Waals surface area contributed by atoms with Crippen LogP contribution >= 0.6 is 11.3 Å². The second kappa shape index (κ2) is 7.55. The van der Waals surface area contributed by atoms with Crippen molar-refractivity contribution in [3.8, 4) is 0 Å². The molecule has 6 nitrogen and oxygen atoms in total. The number of ether oxygens (including phenoxy) is 1. The van der Waals surface area contributed by atoms with E-state index in [-0.39, 0.29) is 4.88 Å². The summed E-state index contributed by atoms with van der Waals surface area (Å²) < 4.78 is 19.6. The van der Waals surface area contributed by atoms with Crippen molar-refractivity contribution < 1.29 is 23.5 Å². The highest BCUT2D eigenvalue weighted by atomic mass is 32.1. The molecule has 0 fully saturated rings. The number of halogens is 1. The van der Waals surface area contributed by atoms with Crippen LogP contribution < -0.4 is 11.1 Å². The first-order valence-electron chi connectivity index (χ1n) is 7.91. The molecule has 3 aromatic rings. The molecular weight excluding hydrogens is 371 g/mol. The average molecular weight is 386 g/mol. The van der Waals surface area contributed by atoms with E-state index in [1.807, 2.05) is 0 Å². The van der Waals surface area contributed by atoms with Crippen LogP contribution in [0.15, 0.2) is 42.5 Å². The maximum Gasteiger partial charge on any atom is 0.349 e. The Balaban J connectivity index is 1.63. The number of benzene rings is 2. The lowest BCUT2D eigenvalue weighted by Crippen LogP contribution is -2.21. The molecule has 27 heavy (non-hydrogen) atoms. The number of thiophene rings is 1. The lowest BCUT2D eigenvalue weighted by atomic mass is 10.1. The smallest absolute Gasteiger partial charge is 0.349 e. The number of aryl methyl sites for hydroxylation is 1. The van der Waals surface area contributed by atoms with Gasteiger partial charge in [-0.25, -0.2) is 9.18 Å². The van der Waals surface area contributed by atoms with Gasteiger partial charge in [-0.15, -0.1) is 11.3 Å². The normalized spacial score (nSPS) is 10.6. The van der Waals surface area contributed by atoms with Crippen LogP contribution in [-0.4, -0.2) is 24.4 Å². The van der Waals surface area contributed by atoms with Crippen molar-refractivity contribution in [3.05, 3.63) is 64.3 Å². The van der Waals surface area contributed by atoms with E-state index in [2.05, 4.69) is 5.32 Å². The van der Waals surface area contributed by atoms with Crippen LogP contribution in [0, 0.1) is 12.7 Å². The van der Waals surface area contributed by atoms with E-state index in [1.165, 1.54) is 30.3 Å². The molecule has 0 saturated carbocycles. The van der Waals surface area contributed by atoms with E-state index in [0.29, 0.717) is 26.9 Å². The first-order valence-corrected chi connectivity index (χ1v) is 8.73. The van der Waals surface area contributed by atoms with Crippen molar-refractivity contribution in [2.75, 3.05) is 11.9 Å². The number of carbonyl (C=O) groups excluding carboxylic acids is 3. The number of carbonyl (C=O) groups is 3. The van der Waals surface area contributed by atoms with E-state index in [9.17, 15) is 18.8 Å². The summed E-state index contributed by atoms with van der Waals surface area (Å²) in [5.41, 5.74) is 6.37. The van der Waals surface area contributed by atoms with Gasteiger partial charge in [0.2, 0.25) is 5.91 Å². The zero-order valence-corrected chi connectivity index (χ0v) is 15.1. The van der Waals surface area contributed by atoms with Crippen LogP contribution in [0.2, 0.25) is 0 Å². The average Bonchev–Trinajstić information content (AvgIpc) is 2.98. The van der Waals surface area contributed by atoms with Gasteiger partial charge in [0.15, 0.2) is 6.61 Å². The first kappa shape index (κ1) is 18.5. The molecule has 0 bridgehead atoms. The Labute approximate surface area is 157 Å². The molecule has 2 aromatic carbocycles. The van der Waals surface area contributed by atoms with E-state index in [1.54, 1.807) is 19.1 Å². The maximum atomic E-state index is 13.9. The van der Waals surface area contributed by atoms with Crippen LogP contribution in [-0.2, 0) is 9.53 Å². The Morgan fingerprint density at radius 3 is 2.48 bits per heavy atom. The van der Waals surface area contributed by atoms with Crippen molar-refractivity contribution in [3.63, 3.8) is 0 Å². The molecular formula is C19H15FN2O4S. The summed E-state index contributed by atoms with van der Waals surface area (Å²) in [7, 11) is 0. The molecule has 0 spiro atoms. The summed E-state index contributed by atoms with van der Waals surface area (Å²) in [5.74, 6) is -2.21. The van der Waals surface area contributed by atoms with Crippen molar-refractivity contribution >= 4 is 44.9 Å². The van der Waals surface area contributed by atoms with Crippen molar-refractivity contribution in [1.82, 2.24) is 0 Å². The zero-order valence-electron chi connectivity index (χ0n) is 14.2. The Morgan fingerprint density at radius 1 is 1.15 bits per heavy atom. The number of hydrogen-bond acceptors (Lipinski definition) is 5. The summed E-state index contributed by atoms with van der Waals surface area (Å²) in [5, 5.41) is 2.92. The quantitative estimate of drug-likeness (QED) is 0.658. The van der Waals surface area contributed by atoms with Crippen LogP contribution in [0.3, 0.4) is 0 Å². The van der Waals surface area contributed by atoms with Gasteiger partial charge in [0.05, 0.1) is 0 Å². The van der Waals surface area contributed by atoms with Crippen LogP contribution in [0.1, 0.15) is 25.6 Å². The summed E-state index contributed by atoms with van der Waals surface area (Å²) in [6, 6.07) is 10.6. The Kier molecular flexibility index (Phi) is 5.18. The largest absolute Gasteiger partial charge is 0.451 e. The minimum absolute atomic E-state index is 0.258. The molecule has 0 saturated heterocycles. The molecule has 8 heteroatoms. The molecule has 3 N–H and O–H groups in total. The topological polar surface area (TPSA) is 98.5 Å². The van der Waals surface area contributed by atoms with Gasteiger partial charge in [0, 0.05) is 21.3 Å². The third-order valence-electron chi connectivity index (χ3n) is 3.88. The van der Waals surface area contributed by atoms with Crippen molar-refractivity contribution in [2.24, 2.45) is 5.73 Å². The third-order valence-corrected chi connectivity index (χ3v) is 5.11. The minimum atomic E-state index is -0.688. The second-order valence-corrected chi connectivity index (χ2v) is 6.79. The summed E-state index contributed by atoms with van der Waals surface area (Å²) in [6.45, 7) is 1.14. The molecule has 0 unspecified atom stereocenters. The molecule has 0 aliphatic heterocycles. The van der Waals surface area contributed by atoms with Gasteiger partial charge >= 0.3 is 5.97 Å². The standard InChI is InChI=1S/C19H15FN2O4S/c1-10-16-13(20)3-2-4-14(16)27-17(10)19(25)26-9-15(23)22-12-7-5-11(6-8-12)18(21)24/h2-8H,9H2,1H3,(H2,21,24)(H,22,23). The molecule has 3 rings (SSSR count). The molecule has 1 heterocycles. The van der Waals surface area contributed by atoms with Gasteiger partial charge in [-0.3, -0.25) is 9.59 Å². The predicted octanol–water partition coefficient (Wildman–Crippen LogP) is 3.24. The Bertz CT molecular complexity index is 1040. The van der Waals surface area contributed by atoms with Crippen LogP contribution in [0.4, 0.5) is 10.1 Å². The van der Waals surface area contributed by atoms with Gasteiger partial charge in [0.1, 0.15) is 10.7 Å². The van der Waals surface area contributed by atoms with Gasteiger partial charge in [0.25, 0.3) is 5.91 Å². The van der Waals surface area contributed by atoms with E-state index < -0.39 is 30.2 Å². The van der Waals surface area contributed by atoms with Gasteiger partial charge < -0.3 is 15.8 Å². The highest BCUT2D eigenvalue weighted by Crippen LogP contribution is 2.32. The molecule has 0 radical (unpaired) electrons. The zero-order chi connectivity index (χ0) is 19.6. The molecule has 1 aromatic heterocycles. The number of nitrogens with two attached hydrogens (primary N) is 1. The summed E-state index contributed by atoms with van der Waals surface area (Å²) >= 11 is 1.12. The van der Waals surface area contributed by atoms with Crippen LogP contribution in [0.25, 0.3) is 10.1 Å². The SMILES string of the molecule is Cc1c(C(=O)OCC(=O)Nc2ccc(C(N)=O)cc2)sc2cccc(F)c12. The third kappa shape index (κ3) is 3.95. The highest BCUT2D eigenvalue weighted by molar-refractivity contribution is 7.21. The van der Waals surface area contributed by atoms with E-state index in [4.69, 9.17) is 10.5 Å². The molecule has 0 aliphatic carbocycles. The number of hydrogen-bond donors (Lipinski definition) is 2. The molecule has 138 valence electrons. The number of primary amides is 1.